The molecule has 1 rings (SSSR count). The summed E-state index contributed by atoms with van der Waals surface area (Å²) in [7, 11) is 0. The lowest BCUT2D eigenvalue weighted by Crippen LogP contribution is -2.44. The van der Waals surface area contributed by atoms with Gasteiger partial charge in [0, 0.05) is 0 Å². The zero-order valence-electron chi connectivity index (χ0n) is 17.3. The minimum Gasteiger partial charge on any atom is -0.330 e. The van der Waals surface area contributed by atoms with E-state index in [4.69, 9.17) is 10.6 Å². The zero-order chi connectivity index (χ0) is 18.8. The minimum atomic E-state index is -0.0503. The summed E-state index contributed by atoms with van der Waals surface area (Å²) in [4.78, 5) is 5.79. The first-order chi connectivity index (χ1) is 12.8. The molecule has 0 amide bonds. The third-order valence-electron chi connectivity index (χ3n) is 5.35. The normalized spacial score (nSPS) is 19.3. The van der Waals surface area contributed by atoms with Crippen molar-refractivity contribution in [1.82, 2.24) is 5.48 Å². The monoisotopic (exact) mass is 364 g/mol. The van der Waals surface area contributed by atoms with Crippen LogP contribution >= 0.6 is 0 Å². The molecular formula is C23H44N2O. The number of nitrogens with two attached hydrogens (primary N) is 1. The second-order valence-corrected chi connectivity index (χ2v) is 7.88. The molecule has 152 valence electrons. The number of hydrogen-bond acceptors (Lipinski definition) is 3. The third-order valence-corrected chi connectivity index (χ3v) is 5.35. The first kappa shape index (κ1) is 23.4. The Bertz CT molecular complexity index is 367. The first-order valence-corrected chi connectivity index (χ1v) is 11.3. The van der Waals surface area contributed by atoms with Crippen molar-refractivity contribution in [3.63, 3.8) is 0 Å². The molecule has 0 fully saturated rings. The van der Waals surface area contributed by atoms with Crippen LogP contribution in [-0.2, 0) is 4.84 Å². The van der Waals surface area contributed by atoms with Gasteiger partial charge in [0.15, 0.2) is 0 Å². The molecule has 0 bridgehead atoms. The quantitative estimate of drug-likeness (QED) is 0.225. The number of hydrogen-bond donors (Lipinski definition) is 2. The van der Waals surface area contributed by atoms with Crippen molar-refractivity contribution < 1.29 is 4.84 Å². The standard InChI is InChI=1S/C23H44N2O/c1-2-3-4-5-6-7-8-9-10-11-12-16-22-26-25-23(20-17-21-24)18-14-13-15-19-23/h13-15,18,25H,2-12,16-17,19-22,24H2,1H3. The predicted molar refractivity (Wildman–Crippen MR) is 114 cm³/mol. The molecule has 0 aromatic heterocycles. The van der Waals surface area contributed by atoms with Crippen LogP contribution in [0.15, 0.2) is 24.3 Å². The number of hydroxylamine groups is 1. The molecule has 0 aromatic rings. The molecule has 0 saturated carbocycles. The number of rotatable bonds is 18. The number of nitrogens with one attached hydrogen (secondary N) is 1. The van der Waals surface area contributed by atoms with Crippen LogP contribution in [0.4, 0.5) is 0 Å². The Labute approximate surface area is 162 Å². The molecular weight excluding hydrogens is 320 g/mol. The van der Waals surface area contributed by atoms with E-state index in [-0.39, 0.29) is 5.54 Å². The van der Waals surface area contributed by atoms with E-state index in [9.17, 15) is 0 Å². The highest BCUT2D eigenvalue weighted by atomic mass is 16.6. The average Bonchev–Trinajstić information content (AvgIpc) is 2.67. The van der Waals surface area contributed by atoms with E-state index in [1.807, 2.05) is 0 Å². The fourth-order valence-electron chi connectivity index (χ4n) is 3.60. The van der Waals surface area contributed by atoms with Crippen molar-refractivity contribution in [2.75, 3.05) is 13.2 Å². The van der Waals surface area contributed by atoms with Crippen LogP contribution in [0.2, 0.25) is 0 Å². The molecule has 3 nitrogen and oxygen atoms in total. The fraction of sp³-hybridized carbons (Fsp3) is 0.826. The van der Waals surface area contributed by atoms with Crippen molar-refractivity contribution in [2.24, 2.45) is 5.73 Å². The summed E-state index contributed by atoms with van der Waals surface area (Å²) >= 11 is 0. The Morgan fingerprint density at radius 3 is 2.00 bits per heavy atom. The highest BCUT2D eigenvalue weighted by Gasteiger charge is 2.26. The summed E-state index contributed by atoms with van der Waals surface area (Å²) in [6.45, 7) is 3.82. The maximum atomic E-state index is 5.79. The van der Waals surface area contributed by atoms with Gasteiger partial charge in [-0.15, -0.1) is 0 Å². The molecule has 0 saturated heterocycles. The van der Waals surface area contributed by atoms with Crippen LogP contribution in [0.3, 0.4) is 0 Å². The summed E-state index contributed by atoms with van der Waals surface area (Å²) in [6, 6.07) is 0. The van der Waals surface area contributed by atoms with Crippen molar-refractivity contribution in [3.8, 4) is 0 Å². The smallest absolute Gasteiger partial charge is 0.0682 e. The lowest BCUT2D eigenvalue weighted by Gasteiger charge is -2.32. The van der Waals surface area contributed by atoms with Gasteiger partial charge in [-0.2, -0.15) is 5.48 Å². The van der Waals surface area contributed by atoms with Gasteiger partial charge < -0.3 is 10.6 Å². The van der Waals surface area contributed by atoms with Crippen LogP contribution in [0, 0.1) is 0 Å². The third kappa shape index (κ3) is 11.9. The Hall–Kier alpha value is -0.640. The highest BCUT2D eigenvalue weighted by molar-refractivity contribution is 5.20. The van der Waals surface area contributed by atoms with Crippen molar-refractivity contribution in [3.05, 3.63) is 24.3 Å². The van der Waals surface area contributed by atoms with Crippen LogP contribution in [-0.4, -0.2) is 18.7 Å². The molecule has 26 heavy (non-hydrogen) atoms. The molecule has 1 aliphatic carbocycles. The average molecular weight is 365 g/mol. The summed E-state index contributed by atoms with van der Waals surface area (Å²) in [5.41, 5.74) is 8.94. The van der Waals surface area contributed by atoms with E-state index in [1.165, 1.54) is 70.6 Å². The highest BCUT2D eigenvalue weighted by Crippen LogP contribution is 2.23. The number of unbranched alkanes of at least 4 members (excludes halogenated alkanes) is 11. The molecule has 1 aliphatic rings. The fourth-order valence-corrected chi connectivity index (χ4v) is 3.60. The van der Waals surface area contributed by atoms with Gasteiger partial charge in [-0.25, -0.2) is 0 Å². The first-order valence-electron chi connectivity index (χ1n) is 11.3. The second-order valence-electron chi connectivity index (χ2n) is 7.88. The van der Waals surface area contributed by atoms with E-state index >= 15 is 0 Å². The topological polar surface area (TPSA) is 47.3 Å². The van der Waals surface area contributed by atoms with E-state index in [0.717, 1.165) is 38.8 Å². The van der Waals surface area contributed by atoms with Crippen LogP contribution in [0.25, 0.3) is 0 Å². The molecule has 0 heterocycles. The van der Waals surface area contributed by atoms with Gasteiger partial charge in [0.1, 0.15) is 0 Å². The van der Waals surface area contributed by atoms with E-state index in [0.29, 0.717) is 0 Å². The van der Waals surface area contributed by atoms with Gasteiger partial charge >= 0.3 is 0 Å². The van der Waals surface area contributed by atoms with Crippen LogP contribution in [0.5, 0.6) is 0 Å². The Balaban J connectivity index is 1.90. The van der Waals surface area contributed by atoms with Gasteiger partial charge in [-0.3, -0.25) is 0 Å². The summed E-state index contributed by atoms with van der Waals surface area (Å²) in [5.74, 6) is 0. The SMILES string of the molecule is CCCCCCCCCCCCCCONC1(CCCN)C=CC=CC1. The van der Waals surface area contributed by atoms with E-state index in [1.54, 1.807) is 0 Å². The second kappa shape index (κ2) is 16.5. The number of allylic oxidation sites excluding steroid dienone is 2. The minimum absolute atomic E-state index is 0.0503. The van der Waals surface area contributed by atoms with Crippen LogP contribution in [0.1, 0.15) is 103 Å². The summed E-state index contributed by atoms with van der Waals surface area (Å²) < 4.78 is 0. The Kier molecular flexibility index (Phi) is 14.9. The van der Waals surface area contributed by atoms with E-state index < -0.39 is 0 Å². The molecule has 0 spiro atoms. The molecule has 3 heteroatoms. The maximum Gasteiger partial charge on any atom is 0.0682 e. The Morgan fingerprint density at radius 2 is 1.46 bits per heavy atom. The molecule has 3 N–H and O–H groups in total. The molecule has 0 aliphatic heterocycles. The largest absolute Gasteiger partial charge is 0.330 e. The predicted octanol–water partition coefficient (Wildman–Crippen LogP) is 6.20. The zero-order valence-corrected chi connectivity index (χ0v) is 17.3. The van der Waals surface area contributed by atoms with Crippen molar-refractivity contribution in [2.45, 2.75) is 109 Å². The van der Waals surface area contributed by atoms with Crippen molar-refractivity contribution >= 4 is 0 Å². The van der Waals surface area contributed by atoms with Gasteiger partial charge in [-0.05, 0) is 32.2 Å². The molecule has 0 aromatic carbocycles. The Morgan fingerprint density at radius 1 is 0.846 bits per heavy atom. The summed E-state index contributed by atoms with van der Waals surface area (Å²) in [6.07, 6.45) is 28.2. The van der Waals surface area contributed by atoms with Gasteiger partial charge in [0.25, 0.3) is 0 Å². The van der Waals surface area contributed by atoms with Crippen LogP contribution < -0.4 is 11.2 Å². The summed E-state index contributed by atoms with van der Waals surface area (Å²) in [5, 5.41) is 0. The van der Waals surface area contributed by atoms with Gasteiger partial charge in [-0.1, -0.05) is 102 Å². The maximum absolute atomic E-state index is 5.79. The molecule has 0 radical (unpaired) electrons. The molecule has 1 atom stereocenters. The van der Waals surface area contributed by atoms with E-state index in [2.05, 4.69) is 36.7 Å². The van der Waals surface area contributed by atoms with Crippen molar-refractivity contribution in [1.29, 1.82) is 0 Å². The lowest BCUT2D eigenvalue weighted by atomic mass is 9.87. The molecule has 1 unspecified atom stereocenters. The van der Waals surface area contributed by atoms with Gasteiger partial charge in [0.05, 0.1) is 12.1 Å². The lowest BCUT2D eigenvalue weighted by molar-refractivity contribution is -0.0122. The van der Waals surface area contributed by atoms with Gasteiger partial charge in [0.2, 0.25) is 0 Å².